The molecule has 4 heteroatoms. The first-order valence-corrected chi connectivity index (χ1v) is 6.91. The van der Waals surface area contributed by atoms with Crippen molar-refractivity contribution in [3.63, 3.8) is 0 Å². The molecule has 1 aromatic rings. The van der Waals surface area contributed by atoms with Gasteiger partial charge >= 0.3 is 0 Å². The third-order valence-electron chi connectivity index (χ3n) is 2.66. The van der Waals surface area contributed by atoms with E-state index in [2.05, 4.69) is 21.2 Å². The van der Waals surface area contributed by atoms with Gasteiger partial charge in [-0.2, -0.15) is 0 Å². The highest BCUT2D eigenvalue weighted by molar-refractivity contribution is 9.10. The summed E-state index contributed by atoms with van der Waals surface area (Å²) in [6, 6.07) is 5.63. The van der Waals surface area contributed by atoms with Gasteiger partial charge in [0.25, 0.3) is 5.91 Å². The smallest absolute Gasteiger partial charge is 0.251 e. The number of carbonyl (C=O) groups is 1. The predicted molar refractivity (Wildman–Crippen MR) is 76.7 cm³/mol. The topological polar surface area (TPSA) is 49.3 Å². The molecule has 0 aliphatic rings. The molecule has 0 aliphatic carbocycles. The van der Waals surface area contributed by atoms with Crippen molar-refractivity contribution in [2.45, 2.75) is 33.3 Å². The number of hydrogen-bond donors (Lipinski definition) is 2. The molecule has 3 nitrogen and oxygen atoms in total. The first kappa shape index (κ1) is 15.2. The fourth-order valence-electron chi connectivity index (χ4n) is 1.90. The summed E-state index contributed by atoms with van der Waals surface area (Å²) in [5.41, 5.74) is 1.71. The zero-order chi connectivity index (χ0) is 13.7. The molecular weight excluding hydrogens is 294 g/mol. The Balaban J connectivity index is 2.55. The minimum Gasteiger partial charge on any atom is -0.393 e. The standard InChI is InChI=1S/C14H20BrNO2/c1-9-5-12(7-13(15)6-9)14(18)16-8-10(2)4-11(3)17/h5-7,10-11,17H,4,8H2,1-3H3,(H,16,18)/t10-,11+/m0/s1. The molecule has 0 fully saturated rings. The normalized spacial score (nSPS) is 14.1. The van der Waals surface area contributed by atoms with Crippen molar-refractivity contribution >= 4 is 21.8 Å². The van der Waals surface area contributed by atoms with Crippen LogP contribution in [0.1, 0.15) is 36.2 Å². The Labute approximate surface area is 117 Å². The number of carbonyl (C=O) groups excluding carboxylic acids is 1. The van der Waals surface area contributed by atoms with Crippen molar-refractivity contribution in [1.29, 1.82) is 0 Å². The molecule has 1 amide bonds. The fourth-order valence-corrected chi connectivity index (χ4v) is 2.51. The summed E-state index contributed by atoms with van der Waals surface area (Å²) >= 11 is 3.38. The number of hydrogen-bond acceptors (Lipinski definition) is 2. The van der Waals surface area contributed by atoms with Gasteiger partial charge in [-0.25, -0.2) is 0 Å². The van der Waals surface area contributed by atoms with Crippen LogP contribution in [0.5, 0.6) is 0 Å². The highest BCUT2D eigenvalue weighted by atomic mass is 79.9. The number of halogens is 1. The van der Waals surface area contributed by atoms with Crippen molar-refractivity contribution in [1.82, 2.24) is 5.32 Å². The van der Waals surface area contributed by atoms with Gasteiger partial charge in [0.15, 0.2) is 0 Å². The maximum atomic E-state index is 11.9. The lowest BCUT2D eigenvalue weighted by molar-refractivity contribution is 0.0939. The Bertz CT molecular complexity index is 398. The second-order valence-electron chi connectivity index (χ2n) is 4.92. The Morgan fingerprint density at radius 2 is 2.06 bits per heavy atom. The summed E-state index contributed by atoms with van der Waals surface area (Å²) in [7, 11) is 0. The van der Waals surface area contributed by atoms with Crippen LogP contribution in [0, 0.1) is 12.8 Å². The van der Waals surface area contributed by atoms with Crippen LogP contribution in [0.25, 0.3) is 0 Å². The van der Waals surface area contributed by atoms with Gasteiger partial charge in [-0.3, -0.25) is 4.79 Å². The summed E-state index contributed by atoms with van der Waals surface area (Å²) in [5, 5.41) is 12.1. The molecule has 0 bridgehead atoms. The molecule has 1 aromatic carbocycles. The second kappa shape index (κ2) is 6.90. The fraction of sp³-hybridized carbons (Fsp3) is 0.500. The molecule has 0 saturated carbocycles. The highest BCUT2D eigenvalue weighted by Gasteiger charge is 2.10. The zero-order valence-electron chi connectivity index (χ0n) is 11.0. The van der Waals surface area contributed by atoms with Crippen molar-refractivity contribution in [2.75, 3.05) is 6.54 Å². The van der Waals surface area contributed by atoms with Crippen LogP contribution < -0.4 is 5.32 Å². The van der Waals surface area contributed by atoms with Crippen LogP contribution in [-0.2, 0) is 0 Å². The van der Waals surface area contributed by atoms with Crippen LogP contribution in [-0.4, -0.2) is 23.7 Å². The van der Waals surface area contributed by atoms with Crippen molar-refractivity contribution in [2.24, 2.45) is 5.92 Å². The van der Waals surface area contributed by atoms with E-state index in [0.29, 0.717) is 18.5 Å². The first-order chi connectivity index (χ1) is 8.38. The van der Waals surface area contributed by atoms with Crippen LogP contribution in [0.15, 0.2) is 22.7 Å². The van der Waals surface area contributed by atoms with Gasteiger partial charge in [0.2, 0.25) is 0 Å². The monoisotopic (exact) mass is 313 g/mol. The van der Waals surface area contributed by atoms with E-state index in [1.165, 1.54) is 0 Å². The number of nitrogens with one attached hydrogen (secondary N) is 1. The molecule has 2 N–H and O–H groups in total. The van der Waals surface area contributed by atoms with Crippen LogP contribution in [0.3, 0.4) is 0 Å². The van der Waals surface area contributed by atoms with Crippen LogP contribution >= 0.6 is 15.9 Å². The molecule has 0 radical (unpaired) electrons. The summed E-state index contributed by atoms with van der Waals surface area (Å²) in [6.45, 7) is 6.31. The van der Waals surface area contributed by atoms with Gasteiger partial charge in [-0.1, -0.05) is 22.9 Å². The van der Waals surface area contributed by atoms with Crippen molar-refractivity contribution in [3.8, 4) is 0 Å². The van der Waals surface area contributed by atoms with Crippen molar-refractivity contribution < 1.29 is 9.90 Å². The van der Waals surface area contributed by atoms with E-state index in [4.69, 9.17) is 0 Å². The molecule has 18 heavy (non-hydrogen) atoms. The number of aliphatic hydroxyl groups excluding tert-OH is 1. The van der Waals surface area contributed by atoms with Gasteiger partial charge in [-0.15, -0.1) is 0 Å². The van der Waals surface area contributed by atoms with Crippen LogP contribution in [0.4, 0.5) is 0 Å². The Hall–Kier alpha value is -0.870. The largest absolute Gasteiger partial charge is 0.393 e. The minimum absolute atomic E-state index is 0.0724. The molecule has 0 unspecified atom stereocenters. The summed E-state index contributed by atoms with van der Waals surface area (Å²) in [6.07, 6.45) is 0.364. The lowest BCUT2D eigenvalue weighted by atomic mass is 10.0. The highest BCUT2D eigenvalue weighted by Crippen LogP contribution is 2.15. The predicted octanol–water partition coefficient (Wildman–Crippen LogP) is 2.89. The number of aryl methyl sites for hydroxylation is 1. The quantitative estimate of drug-likeness (QED) is 0.878. The Kier molecular flexibility index (Phi) is 5.82. The van der Waals surface area contributed by atoms with E-state index >= 15 is 0 Å². The molecule has 0 spiro atoms. The van der Waals surface area contributed by atoms with E-state index < -0.39 is 0 Å². The van der Waals surface area contributed by atoms with Crippen LogP contribution in [0.2, 0.25) is 0 Å². The molecule has 0 aromatic heterocycles. The van der Waals surface area contributed by atoms with Gasteiger partial charge in [0.05, 0.1) is 6.10 Å². The van der Waals surface area contributed by atoms with Gasteiger partial charge < -0.3 is 10.4 Å². The van der Waals surface area contributed by atoms with E-state index in [-0.39, 0.29) is 17.9 Å². The summed E-state index contributed by atoms with van der Waals surface area (Å²) < 4.78 is 0.907. The molecule has 2 atom stereocenters. The molecule has 1 rings (SSSR count). The third kappa shape index (κ3) is 5.19. The average Bonchev–Trinajstić information content (AvgIpc) is 2.23. The molecular formula is C14H20BrNO2. The summed E-state index contributed by atoms with van der Waals surface area (Å²) in [5.74, 6) is 0.194. The van der Waals surface area contributed by atoms with Gasteiger partial charge in [0.1, 0.15) is 0 Å². The summed E-state index contributed by atoms with van der Waals surface area (Å²) in [4.78, 5) is 11.9. The molecule has 0 saturated heterocycles. The first-order valence-electron chi connectivity index (χ1n) is 6.12. The van der Waals surface area contributed by atoms with E-state index in [1.807, 2.05) is 32.0 Å². The number of aliphatic hydroxyl groups is 1. The zero-order valence-corrected chi connectivity index (χ0v) is 12.6. The van der Waals surface area contributed by atoms with Gasteiger partial charge in [0, 0.05) is 16.6 Å². The lowest BCUT2D eigenvalue weighted by Gasteiger charge is -2.14. The lowest BCUT2D eigenvalue weighted by Crippen LogP contribution is -2.29. The number of rotatable bonds is 5. The number of amides is 1. The average molecular weight is 314 g/mol. The van der Waals surface area contributed by atoms with E-state index in [9.17, 15) is 9.90 Å². The second-order valence-corrected chi connectivity index (χ2v) is 5.83. The Morgan fingerprint density at radius 1 is 1.39 bits per heavy atom. The SMILES string of the molecule is Cc1cc(Br)cc(C(=O)NC[C@@H](C)C[C@@H](C)O)c1. The van der Waals surface area contributed by atoms with Gasteiger partial charge in [-0.05, 0) is 49.9 Å². The Morgan fingerprint density at radius 3 is 2.61 bits per heavy atom. The maximum absolute atomic E-state index is 11.9. The molecule has 0 aliphatic heterocycles. The number of benzene rings is 1. The molecule has 100 valence electrons. The minimum atomic E-state index is -0.329. The van der Waals surface area contributed by atoms with Crippen molar-refractivity contribution in [3.05, 3.63) is 33.8 Å². The third-order valence-corrected chi connectivity index (χ3v) is 3.12. The maximum Gasteiger partial charge on any atom is 0.251 e. The van der Waals surface area contributed by atoms with E-state index in [1.54, 1.807) is 6.92 Å². The molecule has 0 heterocycles. The van der Waals surface area contributed by atoms with E-state index in [0.717, 1.165) is 10.0 Å².